The molecule has 0 radical (unpaired) electrons. The Hall–Kier alpha value is -0.260. The molecule has 0 amide bonds. The summed E-state index contributed by atoms with van der Waals surface area (Å²) in [6, 6.07) is 0. The normalized spacial score (nSPS) is 24.8. The monoisotopic (exact) mass is 166 g/mol. The highest BCUT2D eigenvalue weighted by Gasteiger charge is 2.18. The van der Waals surface area contributed by atoms with E-state index in [1.165, 1.54) is 19.3 Å². The Morgan fingerprint density at radius 2 is 1.92 bits per heavy atom. The van der Waals surface area contributed by atoms with E-state index in [2.05, 4.69) is 33.8 Å². The van der Waals surface area contributed by atoms with Crippen LogP contribution in [0.4, 0.5) is 0 Å². The smallest absolute Gasteiger partial charge is 0.0260 e. The molecular formula is C12H22. The van der Waals surface area contributed by atoms with E-state index in [1.54, 1.807) is 5.57 Å². The molecule has 0 unspecified atom stereocenters. The number of hydrogen-bond donors (Lipinski definition) is 0. The molecule has 0 fully saturated rings. The molecule has 0 heteroatoms. The molecule has 0 saturated heterocycles. The first-order chi connectivity index (χ1) is 5.61. The quantitative estimate of drug-likeness (QED) is 0.543. The van der Waals surface area contributed by atoms with Crippen LogP contribution in [0.25, 0.3) is 0 Å². The first kappa shape index (κ1) is 9.83. The van der Waals surface area contributed by atoms with Crippen LogP contribution in [0.15, 0.2) is 11.6 Å². The summed E-state index contributed by atoms with van der Waals surface area (Å²) in [7, 11) is 0. The first-order valence-electron chi connectivity index (χ1n) is 5.30. The maximum Gasteiger partial charge on any atom is -0.0260 e. The van der Waals surface area contributed by atoms with Gasteiger partial charge in [-0.3, -0.25) is 0 Å². The van der Waals surface area contributed by atoms with Crippen molar-refractivity contribution in [3.8, 4) is 0 Å². The molecule has 1 aliphatic carbocycles. The maximum absolute atomic E-state index is 2.48. The van der Waals surface area contributed by atoms with E-state index >= 15 is 0 Å². The Balaban J connectivity index is 2.47. The minimum atomic E-state index is 0.776. The van der Waals surface area contributed by atoms with Crippen LogP contribution in [-0.4, -0.2) is 0 Å². The zero-order chi connectivity index (χ0) is 9.14. The van der Waals surface area contributed by atoms with Crippen LogP contribution in [0.3, 0.4) is 0 Å². The second kappa shape index (κ2) is 4.11. The molecule has 0 N–H and O–H groups in total. The summed E-state index contributed by atoms with van der Waals surface area (Å²) >= 11 is 0. The van der Waals surface area contributed by atoms with Gasteiger partial charge in [-0.1, -0.05) is 39.3 Å². The highest BCUT2D eigenvalue weighted by molar-refractivity contribution is 5.08. The summed E-state index contributed by atoms with van der Waals surface area (Å²) in [6.45, 7) is 9.31. The zero-order valence-corrected chi connectivity index (χ0v) is 8.93. The van der Waals surface area contributed by atoms with E-state index in [9.17, 15) is 0 Å². The van der Waals surface area contributed by atoms with Gasteiger partial charge in [-0.05, 0) is 37.0 Å². The Morgan fingerprint density at radius 3 is 2.25 bits per heavy atom. The Kier molecular flexibility index (Phi) is 3.37. The minimum absolute atomic E-state index is 0.776. The molecule has 70 valence electrons. The van der Waals surface area contributed by atoms with E-state index in [-0.39, 0.29) is 0 Å². The number of allylic oxidation sites excluding steroid dienone is 2. The fraction of sp³-hybridized carbons (Fsp3) is 0.833. The summed E-state index contributed by atoms with van der Waals surface area (Å²) in [4.78, 5) is 0. The van der Waals surface area contributed by atoms with Crippen LogP contribution < -0.4 is 0 Å². The van der Waals surface area contributed by atoms with Crippen molar-refractivity contribution in [3.63, 3.8) is 0 Å². The predicted octanol–water partition coefficient (Wildman–Crippen LogP) is 4.02. The molecule has 0 bridgehead atoms. The van der Waals surface area contributed by atoms with Crippen LogP contribution in [0, 0.1) is 17.8 Å². The molecule has 1 rings (SSSR count). The summed E-state index contributed by atoms with van der Waals surface area (Å²) in [5, 5.41) is 0. The highest BCUT2D eigenvalue weighted by Crippen LogP contribution is 2.31. The van der Waals surface area contributed by atoms with Gasteiger partial charge in [0.1, 0.15) is 0 Å². The average Bonchev–Trinajstić information content (AvgIpc) is 2.04. The van der Waals surface area contributed by atoms with Crippen molar-refractivity contribution in [2.75, 3.05) is 0 Å². The molecule has 12 heavy (non-hydrogen) atoms. The van der Waals surface area contributed by atoms with Crippen LogP contribution in [0.2, 0.25) is 0 Å². The lowest BCUT2D eigenvalue weighted by Crippen LogP contribution is -2.13. The molecule has 1 atom stereocenters. The SMILES string of the molecule is CC(C)C1=CC[C@@H](C(C)C)CC1. The molecular weight excluding hydrogens is 144 g/mol. The lowest BCUT2D eigenvalue weighted by Gasteiger charge is -2.26. The molecule has 1 aliphatic rings. The third-order valence-electron chi connectivity index (χ3n) is 3.17. The fourth-order valence-electron chi connectivity index (χ4n) is 2.00. The zero-order valence-electron chi connectivity index (χ0n) is 8.93. The van der Waals surface area contributed by atoms with Gasteiger partial charge in [0.2, 0.25) is 0 Å². The molecule has 0 aromatic heterocycles. The van der Waals surface area contributed by atoms with Gasteiger partial charge in [0, 0.05) is 0 Å². The summed E-state index contributed by atoms with van der Waals surface area (Å²) in [5.41, 5.74) is 1.69. The van der Waals surface area contributed by atoms with Gasteiger partial charge in [-0.2, -0.15) is 0 Å². The molecule has 0 spiro atoms. The third-order valence-corrected chi connectivity index (χ3v) is 3.17. The lowest BCUT2D eigenvalue weighted by atomic mass is 9.80. The third kappa shape index (κ3) is 2.36. The van der Waals surface area contributed by atoms with Gasteiger partial charge < -0.3 is 0 Å². The van der Waals surface area contributed by atoms with Crippen molar-refractivity contribution >= 4 is 0 Å². The van der Waals surface area contributed by atoms with Gasteiger partial charge in [-0.25, -0.2) is 0 Å². The maximum atomic E-state index is 2.48. The van der Waals surface area contributed by atoms with E-state index in [4.69, 9.17) is 0 Å². The van der Waals surface area contributed by atoms with Crippen LogP contribution in [0.1, 0.15) is 47.0 Å². The van der Waals surface area contributed by atoms with E-state index < -0.39 is 0 Å². The van der Waals surface area contributed by atoms with Gasteiger partial charge in [0.15, 0.2) is 0 Å². The topological polar surface area (TPSA) is 0 Å². The summed E-state index contributed by atoms with van der Waals surface area (Å²) in [5.74, 6) is 2.60. The van der Waals surface area contributed by atoms with Gasteiger partial charge >= 0.3 is 0 Å². The molecule has 0 aliphatic heterocycles. The highest BCUT2D eigenvalue weighted by atomic mass is 14.2. The second-order valence-corrected chi connectivity index (χ2v) is 4.71. The Morgan fingerprint density at radius 1 is 1.25 bits per heavy atom. The standard InChI is InChI=1S/C12H22/c1-9(2)11-5-7-12(8-6-11)10(3)4/h5,9-10,12H,6-8H2,1-4H3/t12-/m1/s1. The van der Waals surface area contributed by atoms with Crippen molar-refractivity contribution < 1.29 is 0 Å². The number of hydrogen-bond acceptors (Lipinski definition) is 0. The number of rotatable bonds is 2. The van der Waals surface area contributed by atoms with Crippen molar-refractivity contribution in [3.05, 3.63) is 11.6 Å². The largest absolute Gasteiger partial charge is 0.0848 e. The van der Waals surface area contributed by atoms with Crippen molar-refractivity contribution in [2.24, 2.45) is 17.8 Å². The molecule has 0 aromatic rings. The Bertz CT molecular complexity index is 163. The Labute approximate surface area is 77.1 Å². The van der Waals surface area contributed by atoms with Gasteiger partial charge in [-0.15, -0.1) is 0 Å². The second-order valence-electron chi connectivity index (χ2n) is 4.71. The minimum Gasteiger partial charge on any atom is -0.0848 e. The van der Waals surface area contributed by atoms with Crippen LogP contribution in [0.5, 0.6) is 0 Å². The fourth-order valence-corrected chi connectivity index (χ4v) is 2.00. The molecule has 0 aromatic carbocycles. The van der Waals surface area contributed by atoms with Crippen LogP contribution >= 0.6 is 0 Å². The van der Waals surface area contributed by atoms with Gasteiger partial charge in [0.25, 0.3) is 0 Å². The first-order valence-corrected chi connectivity index (χ1v) is 5.30. The van der Waals surface area contributed by atoms with Crippen molar-refractivity contribution in [1.82, 2.24) is 0 Å². The predicted molar refractivity (Wildman–Crippen MR) is 55.1 cm³/mol. The lowest BCUT2D eigenvalue weighted by molar-refractivity contribution is 0.344. The average molecular weight is 166 g/mol. The summed E-state index contributed by atoms with van der Waals surface area (Å²) < 4.78 is 0. The summed E-state index contributed by atoms with van der Waals surface area (Å²) in [6.07, 6.45) is 6.58. The van der Waals surface area contributed by atoms with E-state index in [1.807, 2.05) is 0 Å². The van der Waals surface area contributed by atoms with Crippen LogP contribution in [-0.2, 0) is 0 Å². The molecule has 0 heterocycles. The van der Waals surface area contributed by atoms with Crippen molar-refractivity contribution in [1.29, 1.82) is 0 Å². The molecule has 0 saturated carbocycles. The van der Waals surface area contributed by atoms with E-state index in [0.29, 0.717) is 0 Å². The molecule has 0 nitrogen and oxygen atoms in total. The van der Waals surface area contributed by atoms with Gasteiger partial charge in [0.05, 0.1) is 0 Å². The van der Waals surface area contributed by atoms with E-state index in [0.717, 1.165) is 17.8 Å². The van der Waals surface area contributed by atoms with Crippen molar-refractivity contribution in [2.45, 2.75) is 47.0 Å².